The number of H-pyrrole nitrogens is 1. The molecule has 0 aliphatic heterocycles. The third kappa shape index (κ3) is 2.59. The molecule has 8 nitrogen and oxygen atoms in total. The van der Waals surface area contributed by atoms with Crippen molar-refractivity contribution in [2.45, 2.75) is 6.54 Å². The van der Waals surface area contributed by atoms with Gasteiger partial charge in [-0.3, -0.25) is 14.6 Å². The average molecular weight is 285 g/mol. The van der Waals surface area contributed by atoms with Crippen molar-refractivity contribution < 1.29 is 9.90 Å². The van der Waals surface area contributed by atoms with Crippen LogP contribution in [0.1, 0.15) is 0 Å². The third-order valence-corrected chi connectivity index (χ3v) is 2.82. The van der Waals surface area contributed by atoms with Gasteiger partial charge in [-0.05, 0) is 12.1 Å². The zero-order valence-electron chi connectivity index (χ0n) is 10.8. The molecule has 106 valence electrons. The van der Waals surface area contributed by atoms with Crippen LogP contribution in [0.25, 0.3) is 11.2 Å². The van der Waals surface area contributed by atoms with Gasteiger partial charge in [0.2, 0.25) is 5.95 Å². The monoisotopic (exact) mass is 285 g/mol. The van der Waals surface area contributed by atoms with E-state index in [0.717, 1.165) is 5.69 Å². The van der Waals surface area contributed by atoms with Crippen molar-refractivity contribution in [2.24, 2.45) is 0 Å². The van der Waals surface area contributed by atoms with E-state index < -0.39 is 11.5 Å². The molecule has 8 heteroatoms. The van der Waals surface area contributed by atoms with E-state index in [1.165, 1.54) is 10.9 Å². The van der Waals surface area contributed by atoms with Crippen molar-refractivity contribution in [1.29, 1.82) is 0 Å². The first-order valence-corrected chi connectivity index (χ1v) is 6.12. The number of benzene rings is 1. The highest BCUT2D eigenvalue weighted by Gasteiger charge is 2.12. The summed E-state index contributed by atoms with van der Waals surface area (Å²) >= 11 is 0. The van der Waals surface area contributed by atoms with Crippen LogP contribution in [-0.2, 0) is 11.3 Å². The molecule has 3 N–H and O–H groups in total. The highest BCUT2D eigenvalue weighted by molar-refractivity contribution is 5.74. The molecule has 1 aromatic carbocycles. The maximum atomic E-state index is 11.9. The van der Waals surface area contributed by atoms with Crippen molar-refractivity contribution in [3.05, 3.63) is 47.0 Å². The Hall–Kier alpha value is -3.16. The lowest BCUT2D eigenvalue weighted by Crippen LogP contribution is -2.14. The van der Waals surface area contributed by atoms with Gasteiger partial charge in [-0.2, -0.15) is 4.98 Å². The molecule has 0 spiro atoms. The first-order valence-electron chi connectivity index (χ1n) is 6.12. The fourth-order valence-electron chi connectivity index (χ4n) is 1.93. The maximum absolute atomic E-state index is 11.9. The number of hydrogen-bond donors (Lipinski definition) is 3. The molecule has 3 aromatic rings. The van der Waals surface area contributed by atoms with Crippen LogP contribution in [0, 0.1) is 0 Å². The molecule has 0 aliphatic rings. The Morgan fingerprint density at radius 2 is 2.10 bits per heavy atom. The van der Waals surface area contributed by atoms with E-state index in [0.29, 0.717) is 0 Å². The summed E-state index contributed by atoms with van der Waals surface area (Å²) in [5.41, 5.74) is 0.654. The van der Waals surface area contributed by atoms with Gasteiger partial charge in [0.25, 0.3) is 5.56 Å². The van der Waals surface area contributed by atoms with Crippen molar-refractivity contribution in [3.8, 4) is 0 Å². The van der Waals surface area contributed by atoms with Gasteiger partial charge in [-0.25, -0.2) is 4.98 Å². The Bertz CT molecular complexity index is 853. The van der Waals surface area contributed by atoms with Crippen molar-refractivity contribution in [1.82, 2.24) is 19.5 Å². The molecule has 0 bridgehead atoms. The van der Waals surface area contributed by atoms with Gasteiger partial charge in [0.05, 0.1) is 6.33 Å². The summed E-state index contributed by atoms with van der Waals surface area (Å²) in [6.07, 6.45) is 1.29. The standard InChI is InChI=1S/C13H11N5O3/c19-9(20)6-18-7-14-10-11(18)16-13(17-12(10)21)15-8-4-2-1-3-5-8/h1-5,7H,6H2,(H,19,20)(H2,15,16,17,21). The van der Waals surface area contributed by atoms with Crippen LogP contribution in [0.15, 0.2) is 41.5 Å². The number of rotatable bonds is 4. The fraction of sp³-hybridized carbons (Fsp3) is 0.0769. The van der Waals surface area contributed by atoms with E-state index in [4.69, 9.17) is 5.11 Å². The van der Waals surface area contributed by atoms with Crippen LogP contribution in [-0.4, -0.2) is 30.6 Å². The number of aromatic nitrogens is 4. The van der Waals surface area contributed by atoms with Crippen LogP contribution >= 0.6 is 0 Å². The van der Waals surface area contributed by atoms with Crippen LogP contribution in [0.3, 0.4) is 0 Å². The molecular formula is C13H11N5O3. The zero-order chi connectivity index (χ0) is 14.8. The summed E-state index contributed by atoms with van der Waals surface area (Å²) in [4.78, 5) is 33.4. The highest BCUT2D eigenvalue weighted by atomic mass is 16.4. The number of carboxylic acid groups (broad SMARTS) is 1. The predicted octanol–water partition coefficient (Wildman–Crippen LogP) is 0.948. The lowest BCUT2D eigenvalue weighted by Gasteiger charge is -2.05. The molecule has 0 amide bonds. The lowest BCUT2D eigenvalue weighted by molar-refractivity contribution is -0.137. The average Bonchev–Trinajstić information content (AvgIpc) is 2.83. The van der Waals surface area contributed by atoms with Crippen LogP contribution < -0.4 is 10.9 Å². The highest BCUT2D eigenvalue weighted by Crippen LogP contribution is 2.13. The van der Waals surface area contributed by atoms with Gasteiger partial charge in [0.15, 0.2) is 11.2 Å². The molecule has 0 atom stereocenters. The summed E-state index contributed by atoms with van der Waals surface area (Å²) in [5.74, 6) is -0.806. The minimum atomic E-state index is -1.03. The van der Waals surface area contributed by atoms with Crippen LogP contribution in [0.2, 0.25) is 0 Å². The molecule has 0 fully saturated rings. The van der Waals surface area contributed by atoms with Gasteiger partial charge >= 0.3 is 5.97 Å². The molecule has 0 saturated carbocycles. The number of fused-ring (bicyclic) bond motifs is 1. The smallest absolute Gasteiger partial charge is 0.323 e. The zero-order valence-corrected chi connectivity index (χ0v) is 10.8. The number of carboxylic acids is 1. The number of carbonyl (C=O) groups is 1. The Kier molecular flexibility index (Phi) is 3.11. The minimum Gasteiger partial charge on any atom is -0.480 e. The molecule has 2 heterocycles. The van der Waals surface area contributed by atoms with Crippen LogP contribution in [0.5, 0.6) is 0 Å². The number of anilines is 2. The second kappa shape index (κ2) is 5.08. The van der Waals surface area contributed by atoms with E-state index >= 15 is 0 Å². The summed E-state index contributed by atoms with van der Waals surface area (Å²) in [6, 6.07) is 9.19. The molecular weight excluding hydrogens is 274 g/mol. The first kappa shape index (κ1) is 12.9. The van der Waals surface area contributed by atoms with Gasteiger partial charge in [0, 0.05) is 5.69 Å². The van der Waals surface area contributed by atoms with Crippen molar-refractivity contribution >= 4 is 28.8 Å². The Balaban J connectivity index is 2.04. The Morgan fingerprint density at radius 1 is 1.33 bits per heavy atom. The molecule has 2 aromatic heterocycles. The van der Waals surface area contributed by atoms with Gasteiger partial charge in [-0.1, -0.05) is 18.2 Å². The van der Waals surface area contributed by atoms with E-state index in [1.807, 2.05) is 30.3 Å². The number of aromatic amines is 1. The number of imidazole rings is 1. The normalized spacial score (nSPS) is 10.7. The number of para-hydroxylation sites is 1. The Labute approximate surface area is 118 Å². The topological polar surface area (TPSA) is 113 Å². The van der Waals surface area contributed by atoms with Gasteiger partial charge in [0.1, 0.15) is 6.54 Å². The minimum absolute atomic E-state index is 0.106. The van der Waals surface area contributed by atoms with E-state index in [2.05, 4.69) is 20.3 Å². The summed E-state index contributed by atoms with van der Waals surface area (Å²) < 4.78 is 1.31. The summed E-state index contributed by atoms with van der Waals surface area (Å²) in [6.45, 7) is -0.308. The van der Waals surface area contributed by atoms with E-state index in [1.54, 1.807) is 0 Å². The van der Waals surface area contributed by atoms with Crippen molar-refractivity contribution in [2.75, 3.05) is 5.32 Å². The first-order chi connectivity index (χ1) is 10.1. The number of hydrogen-bond acceptors (Lipinski definition) is 5. The molecule has 0 aliphatic carbocycles. The number of aliphatic carboxylic acids is 1. The molecule has 3 rings (SSSR count). The van der Waals surface area contributed by atoms with E-state index in [-0.39, 0.29) is 23.7 Å². The summed E-state index contributed by atoms with van der Waals surface area (Å²) in [5, 5.41) is 11.8. The number of nitrogens with one attached hydrogen (secondary N) is 2. The van der Waals surface area contributed by atoms with Crippen molar-refractivity contribution in [3.63, 3.8) is 0 Å². The lowest BCUT2D eigenvalue weighted by atomic mass is 10.3. The SMILES string of the molecule is O=C(O)Cn1cnc2c(=O)[nH]c(Nc3ccccc3)nc21. The second-order valence-electron chi connectivity index (χ2n) is 4.34. The largest absolute Gasteiger partial charge is 0.480 e. The maximum Gasteiger partial charge on any atom is 0.323 e. The molecule has 0 saturated heterocycles. The molecule has 21 heavy (non-hydrogen) atoms. The predicted molar refractivity (Wildman–Crippen MR) is 75.5 cm³/mol. The Morgan fingerprint density at radius 3 is 2.81 bits per heavy atom. The van der Waals surface area contributed by atoms with E-state index in [9.17, 15) is 9.59 Å². The number of nitrogens with zero attached hydrogens (tertiary/aromatic N) is 3. The molecule has 0 unspecified atom stereocenters. The molecule has 0 radical (unpaired) electrons. The van der Waals surface area contributed by atoms with Gasteiger partial charge < -0.3 is 15.0 Å². The second-order valence-corrected chi connectivity index (χ2v) is 4.34. The van der Waals surface area contributed by atoms with Crippen LogP contribution in [0.4, 0.5) is 11.6 Å². The summed E-state index contributed by atoms with van der Waals surface area (Å²) in [7, 11) is 0. The quantitative estimate of drug-likeness (QED) is 0.657. The van der Waals surface area contributed by atoms with Gasteiger partial charge in [-0.15, -0.1) is 0 Å². The third-order valence-electron chi connectivity index (χ3n) is 2.82. The fourth-order valence-corrected chi connectivity index (χ4v) is 1.93.